The second-order valence-electron chi connectivity index (χ2n) is 3.89. The van der Waals surface area contributed by atoms with E-state index in [-0.39, 0.29) is 25.0 Å². The maximum Gasteiger partial charge on any atom is 0.314 e. The van der Waals surface area contributed by atoms with Gasteiger partial charge in [-0.1, -0.05) is 28.1 Å². The molecule has 0 saturated carbocycles. The molecule has 0 fully saturated rings. The first kappa shape index (κ1) is 15.5. The summed E-state index contributed by atoms with van der Waals surface area (Å²) in [6.45, 7) is 0.822. The van der Waals surface area contributed by atoms with E-state index < -0.39 is 0 Å². The highest BCUT2D eigenvalue weighted by atomic mass is 79.9. The van der Waals surface area contributed by atoms with Gasteiger partial charge < -0.3 is 15.4 Å². The first-order valence-corrected chi connectivity index (χ1v) is 6.74. The molecule has 2 amide bonds. The van der Waals surface area contributed by atoms with E-state index >= 15 is 0 Å². The number of ether oxygens (including phenoxy) is 1. The minimum Gasteiger partial charge on any atom is -0.469 e. The minimum atomic E-state index is -0.338. The number of nitrogens with one attached hydrogen (secondary N) is 2. The van der Waals surface area contributed by atoms with Crippen molar-refractivity contribution in [2.45, 2.75) is 12.8 Å². The maximum absolute atomic E-state index is 11.4. The molecule has 0 aliphatic heterocycles. The second-order valence-corrected chi connectivity index (χ2v) is 4.80. The highest BCUT2D eigenvalue weighted by molar-refractivity contribution is 9.10. The van der Waals surface area contributed by atoms with Crippen LogP contribution in [0.5, 0.6) is 0 Å². The van der Waals surface area contributed by atoms with Gasteiger partial charge >= 0.3 is 12.0 Å². The lowest BCUT2D eigenvalue weighted by Gasteiger charge is -2.07. The van der Waals surface area contributed by atoms with E-state index in [4.69, 9.17) is 0 Å². The number of hydrogen-bond donors (Lipinski definition) is 2. The smallest absolute Gasteiger partial charge is 0.314 e. The van der Waals surface area contributed by atoms with E-state index in [0.29, 0.717) is 6.54 Å². The van der Waals surface area contributed by atoms with Gasteiger partial charge in [-0.15, -0.1) is 0 Å². The number of urea groups is 1. The summed E-state index contributed by atoms with van der Waals surface area (Å²) in [6.07, 6.45) is 0.939. The van der Waals surface area contributed by atoms with E-state index in [9.17, 15) is 9.59 Å². The topological polar surface area (TPSA) is 67.4 Å². The Kier molecular flexibility index (Phi) is 6.95. The Hall–Kier alpha value is -1.56. The lowest BCUT2D eigenvalue weighted by atomic mass is 10.1. The van der Waals surface area contributed by atoms with Crippen LogP contribution in [0.1, 0.15) is 12.0 Å². The molecule has 0 aliphatic carbocycles. The number of rotatable bonds is 6. The van der Waals surface area contributed by atoms with Crippen molar-refractivity contribution in [3.63, 3.8) is 0 Å². The molecule has 104 valence electrons. The van der Waals surface area contributed by atoms with Gasteiger partial charge in [0.25, 0.3) is 0 Å². The van der Waals surface area contributed by atoms with Gasteiger partial charge in [0.05, 0.1) is 13.5 Å². The molecule has 0 aromatic heterocycles. The number of halogens is 1. The molecule has 2 N–H and O–H groups in total. The molecule has 6 heteroatoms. The zero-order valence-electron chi connectivity index (χ0n) is 10.7. The van der Waals surface area contributed by atoms with Crippen molar-refractivity contribution in [2.24, 2.45) is 0 Å². The average molecular weight is 329 g/mol. The number of hydrogen-bond acceptors (Lipinski definition) is 3. The van der Waals surface area contributed by atoms with Crippen LogP contribution >= 0.6 is 15.9 Å². The summed E-state index contributed by atoms with van der Waals surface area (Å²) >= 11 is 3.37. The highest BCUT2D eigenvalue weighted by Gasteiger charge is 2.02. The monoisotopic (exact) mass is 328 g/mol. The van der Waals surface area contributed by atoms with Crippen LogP contribution in [0.15, 0.2) is 28.7 Å². The van der Waals surface area contributed by atoms with Gasteiger partial charge in [0.2, 0.25) is 0 Å². The SMILES string of the molecule is COC(=O)CCNC(=O)NCCc1ccc(Br)cc1. The summed E-state index contributed by atoms with van der Waals surface area (Å²) in [7, 11) is 1.32. The normalized spacial score (nSPS) is 9.79. The number of carbonyl (C=O) groups is 2. The fourth-order valence-corrected chi connectivity index (χ4v) is 1.68. The third-order valence-electron chi connectivity index (χ3n) is 2.45. The van der Waals surface area contributed by atoms with E-state index in [1.54, 1.807) is 0 Å². The molecule has 1 aromatic rings. The molecular formula is C13H17BrN2O3. The molecule has 5 nitrogen and oxygen atoms in total. The standard InChI is InChI=1S/C13H17BrN2O3/c1-19-12(17)7-9-16-13(18)15-8-6-10-2-4-11(14)5-3-10/h2-5H,6-9H2,1H3,(H2,15,16,18). The molecule has 0 radical (unpaired) electrons. The number of methoxy groups -OCH3 is 1. The summed E-state index contributed by atoms with van der Waals surface area (Å²) in [6, 6.07) is 7.65. The van der Waals surface area contributed by atoms with Crippen LogP contribution in [0.3, 0.4) is 0 Å². The van der Waals surface area contributed by atoms with Crippen molar-refractivity contribution >= 4 is 27.9 Å². The Morgan fingerprint density at radius 2 is 1.79 bits per heavy atom. The lowest BCUT2D eigenvalue weighted by Crippen LogP contribution is -2.37. The quantitative estimate of drug-likeness (QED) is 0.783. The van der Waals surface area contributed by atoms with E-state index in [0.717, 1.165) is 16.5 Å². The molecular weight excluding hydrogens is 312 g/mol. The first-order valence-electron chi connectivity index (χ1n) is 5.95. The molecule has 1 rings (SSSR count). The summed E-state index contributed by atoms with van der Waals surface area (Å²) in [5, 5.41) is 5.31. The second kappa shape index (κ2) is 8.53. The Labute approximate surface area is 120 Å². The largest absolute Gasteiger partial charge is 0.469 e. The fraction of sp³-hybridized carbons (Fsp3) is 0.385. The average Bonchev–Trinajstić information content (AvgIpc) is 2.41. The first-order chi connectivity index (χ1) is 9.11. The minimum absolute atomic E-state index is 0.177. The number of amides is 2. The molecule has 0 aliphatic rings. The zero-order valence-corrected chi connectivity index (χ0v) is 12.3. The molecule has 0 heterocycles. The molecule has 0 bridgehead atoms. The molecule has 0 spiro atoms. The van der Waals surface area contributed by atoms with Crippen molar-refractivity contribution in [3.8, 4) is 0 Å². The van der Waals surface area contributed by atoms with Crippen molar-refractivity contribution in [1.82, 2.24) is 10.6 Å². The number of esters is 1. The third kappa shape index (κ3) is 6.81. The Morgan fingerprint density at radius 1 is 1.16 bits per heavy atom. The van der Waals surface area contributed by atoms with Gasteiger partial charge in [0.15, 0.2) is 0 Å². The van der Waals surface area contributed by atoms with Crippen molar-refractivity contribution < 1.29 is 14.3 Å². The van der Waals surface area contributed by atoms with Crippen LogP contribution < -0.4 is 10.6 Å². The Morgan fingerprint density at radius 3 is 2.42 bits per heavy atom. The van der Waals surface area contributed by atoms with Crippen molar-refractivity contribution in [3.05, 3.63) is 34.3 Å². The Bertz CT molecular complexity index is 420. The predicted octanol–water partition coefficient (Wildman–Crippen LogP) is 1.85. The Balaban J connectivity index is 2.13. The van der Waals surface area contributed by atoms with Crippen molar-refractivity contribution in [2.75, 3.05) is 20.2 Å². The molecule has 19 heavy (non-hydrogen) atoms. The summed E-state index contributed by atoms with van der Waals surface area (Å²) in [5.74, 6) is -0.338. The summed E-state index contributed by atoms with van der Waals surface area (Å²) in [4.78, 5) is 22.2. The molecule has 0 saturated heterocycles. The lowest BCUT2D eigenvalue weighted by molar-refractivity contribution is -0.140. The van der Waals surface area contributed by atoms with Gasteiger partial charge in [0, 0.05) is 17.6 Å². The fourth-order valence-electron chi connectivity index (χ4n) is 1.41. The number of benzene rings is 1. The van der Waals surface area contributed by atoms with Crippen LogP contribution in [0.4, 0.5) is 4.79 Å². The zero-order chi connectivity index (χ0) is 14.1. The van der Waals surface area contributed by atoms with Gasteiger partial charge in [0.1, 0.15) is 0 Å². The van der Waals surface area contributed by atoms with Crippen LogP contribution in [0, 0.1) is 0 Å². The summed E-state index contributed by atoms with van der Waals surface area (Å²) < 4.78 is 5.50. The van der Waals surface area contributed by atoms with Crippen LogP contribution in [-0.2, 0) is 16.0 Å². The predicted molar refractivity (Wildman–Crippen MR) is 75.9 cm³/mol. The van der Waals surface area contributed by atoms with Crippen LogP contribution in [0.25, 0.3) is 0 Å². The summed E-state index contributed by atoms with van der Waals surface area (Å²) in [5.41, 5.74) is 1.15. The highest BCUT2D eigenvalue weighted by Crippen LogP contribution is 2.10. The molecule has 0 unspecified atom stereocenters. The van der Waals surface area contributed by atoms with E-state index in [1.807, 2.05) is 24.3 Å². The van der Waals surface area contributed by atoms with E-state index in [2.05, 4.69) is 31.3 Å². The maximum atomic E-state index is 11.4. The van der Waals surface area contributed by atoms with Crippen molar-refractivity contribution in [1.29, 1.82) is 0 Å². The van der Waals surface area contributed by atoms with Gasteiger partial charge in [-0.25, -0.2) is 4.79 Å². The molecule has 1 aromatic carbocycles. The van der Waals surface area contributed by atoms with Gasteiger partial charge in [-0.3, -0.25) is 4.79 Å². The van der Waals surface area contributed by atoms with Crippen LogP contribution in [-0.4, -0.2) is 32.2 Å². The van der Waals surface area contributed by atoms with Gasteiger partial charge in [-0.05, 0) is 24.1 Å². The van der Waals surface area contributed by atoms with Crippen LogP contribution in [0.2, 0.25) is 0 Å². The molecule has 0 atom stereocenters. The van der Waals surface area contributed by atoms with Gasteiger partial charge in [-0.2, -0.15) is 0 Å². The van der Waals surface area contributed by atoms with E-state index in [1.165, 1.54) is 7.11 Å². The number of carbonyl (C=O) groups excluding carboxylic acids is 2. The third-order valence-corrected chi connectivity index (χ3v) is 2.98.